The smallest absolute Gasteiger partial charge is 0.257 e. The van der Waals surface area contributed by atoms with Crippen LogP contribution in [-0.2, 0) is 35.5 Å². The van der Waals surface area contributed by atoms with Crippen molar-refractivity contribution in [2.24, 2.45) is 17.8 Å². The fourth-order valence-electron chi connectivity index (χ4n) is 21.5. The molecule has 1 N–H and O–H groups in total. The van der Waals surface area contributed by atoms with Gasteiger partial charge in [-0.25, -0.2) is 13.8 Å². The van der Waals surface area contributed by atoms with Gasteiger partial charge in [-0.3, -0.25) is 14.2 Å². The Morgan fingerprint density at radius 1 is 0.383 bits per heavy atom. The average molecular weight is 1960 g/mol. The van der Waals surface area contributed by atoms with E-state index in [1.54, 1.807) is 35.9 Å². The van der Waals surface area contributed by atoms with Gasteiger partial charge >= 0.3 is 0 Å². The van der Waals surface area contributed by atoms with Crippen molar-refractivity contribution in [1.82, 2.24) is 14.4 Å². The highest BCUT2D eigenvalue weighted by Gasteiger charge is 2.36. The van der Waals surface area contributed by atoms with Crippen LogP contribution in [0.5, 0.6) is 0 Å². The number of rotatable bonds is 24. The van der Waals surface area contributed by atoms with Crippen LogP contribution in [0.3, 0.4) is 0 Å². The largest absolute Gasteiger partial charge is 0.322 e. The molecule has 20 rings (SSSR count). The number of aryl methyl sites for hydroxylation is 8. The predicted molar refractivity (Wildman–Crippen MR) is 631 cm³/mol. The van der Waals surface area contributed by atoms with Crippen LogP contribution in [-0.4, -0.2) is 20.3 Å². The van der Waals surface area contributed by atoms with Crippen LogP contribution in [0.15, 0.2) is 400 Å². The lowest BCUT2D eigenvalue weighted by molar-refractivity contribution is 0.102. The molecule has 1 amide bonds. The van der Waals surface area contributed by atoms with Crippen molar-refractivity contribution in [1.29, 1.82) is 0 Å². The Kier molecular flexibility index (Phi) is 31.9. The molecule has 11 aromatic carbocycles. The third-order valence-corrected chi connectivity index (χ3v) is 30.0. The van der Waals surface area contributed by atoms with E-state index in [1.165, 1.54) is 239 Å². The molecule has 0 bridgehead atoms. The van der Waals surface area contributed by atoms with E-state index in [-0.39, 0.29) is 27.7 Å². The van der Waals surface area contributed by atoms with Crippen molar-refractivity contribution in [2.45, 2.75) is 199 Å². The number of imidazole rings is 1. The Labute approximate surface area is 885 Å². The molecular formula is C142H142F2N4O. The minimum atomic E-state index is -0.929. The average Bonchev–Trinajstić information content (AvgIpc) is 1.61. The zero-order chi connectivity index (χ0) is 105. The lowest BCUT2D eigenvalue weighted by Crippen LogP contribution is -2.15. The van der Waals surface area contributed by atoms with Crippen LogP contribution in [0.1, 0.15) is 245 Å². The second kappa shape index (κ2) is 45.2. The first-order chi connectivity index (χ1) is 71.4. The molecule has 0 radical (unpaired) electrons. The van der Waals surface area contributed by atoms with E-state index in [1.807, 2.05) is 37.3 Å². The first kappa shape index (κ1) is 105. The molecule has 6 aliphatic carbocycles. The van der Waals surface area contributed by atoms with Gasteiger partial charge in [0, 0.05) is 52.5 Å². The maximum Gasteiger partial charge on any atom is 0.257 e. The van der Waals surface area contributed by atoms with E-state index < -0.39 is 11.6 Å². The standard InChI is InChI=1S/C43H50.2C36H36.C27H20F2N4O/c1-9-10-11-12-16-35-28-40-37(18-14-19-38(40)42(35)36-17-13-15-30(3)32(36)5)34-24-25-41(43(6,7)8)39(27-34)31(4)26-33-22-20-29(2)21-23-33;1-24-13-15-27(16-14-24)22-26(3)34-23-29(17-20-35(34)36(4,5)6)30-11-8-12-32-31(18-19-33(30)32)28-10-7-9-25(2)21-28;1-24-10-14-27(15-11-24)22-26(3)34-23-29(18-21-35(34)36(4,5)6)30-8-7-9-32-31(19-20-33(30)32)28-16-12-25(2)13-17-28;1-16-8-10-19(11-9-16)32-27(34)22-13-18(14-30-17(22)2)20-6-4-12-33-24(15-31-26(20)33)21-5-3-7-23(28)25(21)29/h13-15,17-25,27-28,38H,4,9-12,16,26H2,1-3,5-8H3;2*7-21,23,32H,3,22H2,1-2,4-6H3;3-15H,1-2H3,(H,32,34). The molecule has 3 unspecified atom stereocenters. The number of nitrogens with one attached hydrogen (secondary N) is 1. The first-order valence-corrected chi connectivity index (χ1v) is 53.0. The second-order valence-electron chi connectivity index (χ2n) is 44.5. The summed E-state index contributed by atoms with van der Waals surface area (Å²) < 4.78 is 29.9. The van der Waals surface area contributed by atoms with Gasteiger partial charge in [0.2, 0.25) is 0 Å². The summed E-state index contributed by atoms with van der Waals surface area (Å²) in [6.45, 7) is 55.8. The molecule has 149 heavy (non-hydrogen) atoms. The number of carbonyl (C=O) groups is 1. The maximum atomic E-state index is 14.4. The van der Waals surface area contributed by atoms with Gasteiger partial charge in [0.15, 0.2) is 11.6 Å². The number of pyridine rings is 2. The number of carbonyl (C=O) groups excluding carboxylic acids is 1. The minimum Gasteiger partial charge on any atom is -0.322 e. The first-order valence-electron chi connectivity index (χ1n) is 53.0. The predicted octanol–water partition coefficient (Wildman–Crippen LogP) is 37.2. The summed E-state index contributed by atoms with van der Waals surface area (Å²) >= 11 is 0. The molecule has 5 nitrogen and oxygen atoms in total. The molecule has 0 fully saturated rings. The Bertz CT molecular complexity index is 7920. The summed E-state index contributed by atoms with van der Waals surface area (Å²) in [6.07, 6.45) is 46.2. The number of anilines is 1. The van der Waals surface area contributed by atoms with Gasteiger partial charge in [0.1, 0.15) is 5.65 Å². The van der Waals surface area contributed by atoms with E-state index >= 15 is 0 Å². The third-order valence-electron chi connectivity index (χ3n) is 30.0. The number of amides is 1. The monoisotopic (exact) mass is 1960 g/mol. The molecule has 750 valence electrons. The van der Waals surface area contributed by atoms with Gasteiger partial charge in [0.05, 0.1) is 23.1 Å². The van der Waals surface area contributed by atoms with Crippen LogP contribution >= 0.6 is 0 Å². The molecule has 0 aliphatic heterocycles. The highest BCUT2D eigenvalue weighted by atomic mass is 19.2. The molecule has 0 saturated heterocycles. The van der Waals surface area contributed by atoms with E-state index in [0.29, 0.717) is 57.2 Å². The van der Waals surface area contributed by atoms with Crippen LogP contribution < -0.4 is 5.32 Å². The molecule has 0 saturated carbocycles. The van der Waals surface area contributed by atoms with Crippen LogP contribution in [0.2, 0.25) is 0 Å². The summed E-state index contributed by atoms with van der Waals surface area (Å²) in [5.41, 5.74) is 51.9. The zero-order valence-electron chi connectivity index (χ0n) is 90.6. The number of aromatic nitrogens is 3. The number of unbranched alkanes of at least 4 members (excludes halogenated alkanes) is 3. The molecule has 0 spiro atoms. The molecule has 7 heteroatoms. The van der Waals surface area contributed by atoms with Crippen LogP contribution in [0.25, 0.3) is 78.2 Å². The number of hydrogen-bond acceptors (Lipinski definition) is 3. The lowest BCUT2D eigenvalue weighted by Gasteiger charge is -2.27. The molecule has 3 aromatic heterocycles. The second-order valence-corrected chi connectivity index (χ2v) is 44.5. The summed E-state index contributed by atoms with van der Waals surface area (Å²) in [6, 6.07) is 89.2. The maximum absolute atomic E-state index is 14.4. The molecule has 3 heterocycles. The number of hydrogen-bond donors (Lipinski definition) is 1. The fraction of sp³-hybridized carbons (Fsp3) is 0.232. The number of halogens is 2. The van der Waals surface area contributed by atoms with Crippen LogP contribution in [0.4, 0.5) is 14.5 Å². The van der Waals surface area contributed by atoms with E-state index in [9.17, 15) is 13.6 Å². The summed E-state index contributed by atoms with van der Waals surface area (Å²) in [5, 5.41) is 2.90. The highest BCUT2D eigenvalue weighted by Crippen LogP contribution is 2.53. The van der Waals surface area contributed by atoms with E-state index in [4.69, 9.17) is 0 Å². The Morgan fingerprint density at radius 3 is 1.30 bits per heavy atom. The molecule has 3 atom stereocenters. The van der Waals surface area contributed by atoms with Crippen LogP contribution in [0, 0.1) is 91.7 Å². The minimum absolute atomic E-state index is 0.0309. The number of nitrogens with zero attached hydrogens (tertiary/aromatic N) is 3. The Hall–Kier alpha value is -15.3. The van der Waals surface area contributed by atoms with Crippen molar-refractivity contribution in [3.63, 3.8) is 0 Å². The third kappa shape index (κ3) is 23.9. The Balaban J connectivity index is 0.000000136. The molecular weight excluding hydrogens is 1820 g/mol. The normalized spacial score (nSPS) is 15.3. The SMILES string of the molecule is C=C(Cc1ccc(C)cc1)c1cc(C2=CC=CC3C2=CC(CCCCCC)=C3c2cccc(C)c2C)ccc1C(C)(C)C.C=C(Cc1ccc(C)cc1)c1cc(C2=CC=CC3C2=CC=C3c2ccc(C)cc2)ccc1C(C)(C)C.C=C(Cc1ccc(C)cc1)c1cc(C2=CC=CC3C2=CC=C3c2cccc(C)c2)ccc1C(C)(C)C.Cc1ccc(NC(=O)c2cc(-c3cccn4c(-c5cccc(F)c5F)cnc34)cnc2C)cc1. The summed E-state index contributed by atoms with van der Waals surface area (Å²) in [7, 11) is 0. The van der Waals surface area contributed by atoms with Crippen molar-refractivity contribution in [3.8, 4) is 22.4 Å². The fourth-order valence-corrected chi connectivity index (χ4v) is 21.5. The number of benzene rings is 11. The highest BCUT2D eigenvalue weighted by molar-refractivity contribution is 6.06. The van der Waals surface area contributed by atoms with Gasteiger partial charge in [-0.1, -0.05) is 421 Å². The van der Waals surface area contributed by atoms with Gasteiger partial charge in [-0.15, -0.1) is 0 Å². The van der Waals surface area contributed by atoms with E-state index in [2.05, 4.69) is 432 Å². The summed E-state index contributed by atoms with van der Waals surface area (Å²) in [5.74, 6) is -1.23. The van der Waals surface area contributed by atoms with Gasteiger partial charge in [-0.2, -0.15) is 0 Å². The quantitative estimate of drug-likeness (QED) is 0.0613. The topological polar surface area (TPSA) is 59.3 Å². The lowest BCUT2D eigenvalue weighted by atomic mass is 9.77. The van der Waals surface area contributed by atoms with Gasteiger partial charge in [-0.05, 0) is 338 Å². The Morgan fingerprint density at radius 2 is 0.812 bits per heavy atom. The summed E-state index contributed by atoms with van der Waals surface area (Å²) in [4.78, 5) is 21.9. The van der Waals surface area contributed by atoms with Gasteiger partial charge < -0.3 is 5.32 Å². The number of allylic oxidation sites excluding steroid dienone is 27. The van der Waals surface area contributed by atoms with Crippen molar-refractivity contribution in [2.75, 3.05) is 5.32 Å². The van der Waals surface area contributed by atoms with Gasteiger partial charge in [0.25, 0.3) is 5.91 Å². The van der Waals surface area contributed by atoms with Crippen molar-refractivity contribution in [3.05, 3.63) is 551 Å². The molecule has 14 aromatic rings. The number of fused-ring (bicyclic) bond motifs is 4. The van der Waals surface area contributed by atoms with Crippen molar-refractivity contribution >= 4 is 67.4 Å². The zero-order valence-corrected chi connectivity index (χ0v) is 90.6. The van der Waals surface area contributed by atoms with E-state index in [0.717, 1.165) is 37.3 Å². The van der Waals surface area contributed by atoms with Crippen molar-refractivity contribution < 1.29 is 13.6 Å². The molecule has 6 aliphatic rings.